The number of pyridine rings is 1. The summed E-state index contributed by atoms with van der Waals surface area (Å²) in [6.07, 6.45) is -9.60. The van der Waals surface area contributed by atoms with E-state index < -0.39 is 41.2 Å². The summed E-state index contributed by atoms with van der Waals surface area (Å²) in [6.45, 7) is 1.32. The molecule has 2 amide bonds. The van der Waals surface area contributed by atoms with Gasteiger partial charge in [0.15, 0.2) is 17.0 Å². The largest absolute Gasteiger partial charge is 0.433 e. The zero-order valence-electron chi connectivity index (χ0n) is 18.7. The lowest BCUT2D eigenvalue weighted by molar-refractivity contribution is -0.143. The van der Waals surface area contributed by atoms with Crippen LogP contribution in [-0.2, 0) is 12.4 Å². The zero-order chi connectivity index (χ0) is 27.6. The zero-order valence-corrected chi connectivity index (χ0v) is 20.4. The van der Waals surface area contributed by atoms with Crippen LogP contribution in [0, 0.1) is 6.92 Å². The van der Waals surface area contributed by atoms with Crippen LogP contribution in [-0.4, -0.2) is 31.4 Å². The number of aryl methyl sites for hydroxylation is 1. The third kappa shape index (κ3) is 4.45. The van der Waals surface area contributed by atoms with Gasteiger partial charge in [0.2, 0.25) is 0 Å². The maximum Gasteiger partial charge on any atom is 0.433 e. The van der Waals surface area contributed by atoms with Crippen LogP contribution in [0.2, 0.25) is 0 Å². The number of fused-ring (bicyclic) bond motifs is 2. The normalized spacial score (nSPS) is 12.4. The number of hydrogen-bond donors (Lipinski definition) is 2. The Morgan fingerprint density at radius 1 is 1.05 bits per heavy atom. The minimum Gasteiger partial charge on any atom is -0.365 e. The highest BCUT2D eigenvalue weighted by Gasteiger charge is 2.36. The minimum absolute atomic E-state index is 0.0219. The van der Waals surface area contributed by atoms with Crippen molar-refractivity contribution in [3.63, 3.8) is 0 Å². The van der Waals surface area contributed by atoms with Gasteiger partial charge in [0.05, 0.1) is 16.3 Å². The number of hydrogen-bond acceptors (Lipinski definition) is 7. The van der Waals surface area contributed by atoms with E-state index in [-0.39, 0.29) is 37.7 Å². The maximum atomic E-state index is 13.8. The van der Waals surface area contributed by atoms with Crippen molar-refractivity contribution >= 4 is 56.0 Å². The Bertz CT molecular complexity index is 1740. The van der Waals surface area contributed by atoms with E-state index in [9.17, 15) is 35.9 Å². The molecule has 0 aliphatic heterocycles. The second-order valence-electron chi connectivity index (χ2n) is 7.93. The van der Waals surface area contributed by atoms with Gasteiger partial charge in [0.1, 0.15) is 15.4 Å². The third-order valence-electron chi connectivity index (χ3n) is 5.34. The molecule has 16 heteroatoms. The number of primary amides is 1. The molecule has 3 N–H and O–H groups in total. The van der Waals surface area contributed by atoms with Gasteiger partial charge in [-0.15, -0.1) is 22.7 Å². The van der Waals surface area contributed by atoms with Crippen LogP contribution in [0.4, 0.5) is 32.0 Å². The third-order valence-corrected chi connectivity index (χ3v) is 7.33. The molecule has 0 aliphatic carbocycles. The topological polar surface area (TPSA) is 115 Å². The Morgan fingerprint density at radius 3 is 2.39 bits per heavy atom. The van der Waals surface area contributed by atoms with Crippen LogP contribution in [0.25, 0.3) is 26.4 Å². The molecule has 8 nitrogen and oxygen atoms in total. The number of nitrogens with two attached hydrogens (primary N) is 1. The molecule has 5 aromatic heterocycles. The number of carbonyl (C=O) groups excluding carboxylic acids is 2. The molecule has 5 heterocycles. The number of alkyl halides is 6. The van der Waals surface area contributed by atoms with Gasteiger partial charge in [0.25, 0.3) is 11.8 Å². The molecule has 0 bridgehead atoms. The smallest absolute Gasteiger partial charge is 0.365 e. The number of carbonyl (C=O) groups is 2. The number of amides is 2. The van der Waals surface area contributed by atoms with Gasteiger partial charge in [-0.2, -0.15) is 31.4 Å². The molecular formula is C22H12F6N6O2S2. The summed E-state index contributed by atoms with van der Waals surface area (Å²) in [5.74, 6) is -2.09. The van der Waals surface area contributed by atoms with Gasteiger partial charge in [-0.05, 0) is 36.1 Å². The lowest BCUT2D eigenvalue weighted by Gasteiger charge is -2.10. The van der Waals surface area contributed by atoms with E-state index in [1.807, 2.05) is 0 Å². The molecule has 0 saturated heterocycles. The number of aromatic nitrogens is 4. The summed E-state index contributed by atoms with van der Waals surface area (Å²) in [7, 11) is 0. The molecule has 38 heavy (non-hydrogen) atoms. The average molecular weight is 571 g/mol. The van der Waals surface area contributed by atoms with Crippen LogP contribution in [0.3, 0.4) is 0 Å². The molecule has 0 aromatic carbocycles. The Labute approximate surface area is 215 Å². The van der Waals surface area contributed by atoms with E-state index in [4.69, 9.17) is 5.73 Å². The second-order valence-corrected chi connectivity index (χ2v) is 9.87. The Kier molecular flexibility index (Phi) is 5.90. The molecule has 0 radical (unpaired) electrons. The first-order valence-electron chi connectivity index (χ1n) is 10.4. The second kappa shape index (κ2) is 8.76. The number of anilines is 1. The monoisotopic (exact) mass is 570 g/mol. The molecular weight excluding hydrogens is 558 g/mol. The van der Waals surface area contributed by atoms with Gasteiger partial charge in [-0.3, -0.25) is 9.59 Å². The first kappa shape index (κ1) is 25.6. The molecule has 196 valence electrons. The molecule has 0 aliphatic rings. The van der Waals surface area contributed by atoms with Crippen molar-refractivity contribution in [2.45, 2.75) is 19.3 Å². The Morgan fingerprint density at radius 2 is 1.79 bits per heavy atom. The molecule has 0 atom stereocenters. The van der Waals surface area contributed by atoms with Crippen LogP contribution in [0.1, 0.15) is 37.1 Å². The van der Waals surface area contributed by atoms with Crippen molar-refractivity contribution in [2.75, 3.05) is 5.32 Å². The van der Waals surface area contributed by atoms with Crippen molar-refractivity contribution in [1.29, 1.82) is 0 Å². The number of halogens is 6. The number of nitrogens with one attached hydrogen (secondary N) is 1. The summed E-state index contributed by atoms with van der Waals surface area (Å²) < 4.78 is 81.5. The van der Waals surface area contributed by atoms with Crippen molar-refractivity contribution in [2.24, 2.45) is 5.73 Å². The van der Waals surface area contributed by atoms with Gasteiger partial charge >= 0.3 is 12.4 Å². The van der Waals surface area contributed by atoms with Crippen molar-refractivity contribution in [3.05, 3.63) is 63.2 Å². The van der Waals surface area contributed by atoms with Gasteiger partial charge in [-0.25, -0.2) is 14.5 Å². The lowest BCUT2D eigenvalue weighted by atomic mass is 10.1. The standard InChI is InChI=1S/C22H12F6N6O2S2/c1-8-5-12(21(23,24)25)31-20-15(8)16(17(38-20)18(29)35)32-19(36)10-7-14-30-9(11-3-2-4-37-11)6-13(22(26,27)28)34(14)33-10/h2-7H,1H3,(H2,29,35)(H,32,36). The average Bonchev–Trinajstić information content (AvgIpc) is 3.55. The van der Waals surface area contributed by atoms with Crippen LogP contribution >= 0.6 is 22.7 Å². The summed E-state index contributed by atoms with van der Waals surface area (Å²) in [6, 6.07) is 5.79. The summed E-state index contributed by atoms with van der Waals surface area (Å²) in [4.78, 5) is 32.8. The Hall–Kier alpha value is -4.05. The van der Waals surface area contributed by atoms with E-state index in [2.05, 4.69) is 20.4 Å². The Balaban J connectivity index is 1.61. The van der Waals surface area contributed by atoms with Crippen LogP contribution < -0.4 is 11.1 Å². The number of nitrogens with zero attached hydrogens (tertiary/aromatic N) is 4. The highest BCUT2D eigenvalue weighted by Crippen LogP contribution is 2.40. The van der Waals surface area contributed by atoms with E-state index in [1.54, 1.807) is 17.5 Å². The van der Waals surface area contributed by atoms with Crippen LogP contribution in [0.15, 0.2) is 35.7 Å². The van der Waals surface area contributed by atoms with E-state index in [1.165, 1.54) is 18.3 Å². The molecule has 5 aromatic rings. The number of thiophene rings is 2. The van der Waals surface area contributed by atoms with Crippen molar-refractivity contribution in [1.82, 2.24) is 19.6 Å². The summed E-state index contributed by atoms with van der Waals surface area (Å²) in [5, 5.41) is 7.81. The maximum absolute atomic E-state index is 13.8. The number of rotatable bonds is 4. The van der Waals surface area contributed by atoms with E-state index in [0.29, 0.717) is 20.7 Å². The fourth-order valence-corrected chi connectivity index (χ4v) is 5.48. The summed E-state index contributed by atoms with van der Waals surface area (Å²) in [5.41, 5.74) is 2.08. The summed E-state index contributed by atoms with van der Waals surface area (Å²) >= 11 is 1.71. The molecule has 0 spiro atoms. The fourth-order valence-electron chi connectivity index (χ4n) is 3.74. The first-order valence-corrected chi connectivity index (χ1v) is 12.1. The lowest BCUT2D eigenvalue weighted by Crippen LogP contribution is -2.18. The van der Waals surface area contributed by atoms with Gasteiger partial charge in [-0.1, -0.05) is 6.07 Å². The highest BCUT2D eigenvalue weighted by molar-refractivity contribution is 7.21. The van der Waals surface area contributed by atoms with Crippen LogP contribution in [0.5, 0.6) is 0 Å². The highest BCUT2D eigenvalue weighted by atomic mass is 32.1. The quantitative estimate of drug-likeness (QED) is 0.267. The van der Waals surface area contributed by atoms with Crippen molar-refractivity contribution in [3.8, 4) is 10.6 Å². The predicted octanol–water partition coefficient (Wildman–Crippen LogP) is 5.76. The SMILES string of the molecule is Cc1cc(C(F)(F)F)nc2sc(C(N)=O)c(NC(=O)c3cc4nc(-c5cccs5)cc(C(F)(F)F)n4n3)c12. The van der Waals surface area contributed by atoms with Crippen molar-refractivity contribution < 1.29 is 35.9 Å². The molecule has 0 fully saturated rings. The molecule has 0 saturated carbocycles. The first-order chi connectivity index (χ1) is 17.7. The van der Waals surface area contributed by atoms with E-state index >= 15 is 0 Å². The molecule has 0 unspecified atom stereocenters. The molecule has 5 rings (SSSR count). The minimum atomic E-state index is -4.84. The van der Waals surface area contributed by atoms with Gasteiger partial charge in [0, 0.05) is 11.5 Å². The van der Waals surface area contributed by atoms with E-state index in [0.717, 1.165) is 18.2 Å². The fraction of sp³-hybridized carbons (Fsp3) is 0.136. The van der Waals surface area contributed by atoms with Gasteiger partial charge < -0.3 is 11.1 Å². The predicted molar refractivity (Wildman–Crippen MR) is 127 cm³/mol.